The van der Waals surface area contributed by atoms with Crippen molar-refractivity contribution in [2.45, 2.75) is 11.8 Å². The summed E-state index contributed by atoms with van der Waals surface area (Å²) in [5, 5.41) is 2.67. The van der Waals surface area contributed by atoms with E-state index in [9.17, 15) is 13.2 Å². The number of rotatable bonds is 3. The summed E-state index contributed by atoms with van der Waals surface area (Å²) in [5.41, 5.74) is 1.59. The molecule has 104 valence electrons. The van der Waals surface area contributed by atoms with E-state index in [0.29, 0.717) is 11.4 Å². The maximum absolute atomic E-state index is 12.0. The Hall–Kier alpha value is -2.21. The van der Waals surface area contributed by atoms with Crippen LogP contribution in [0.15, 0.2) is 47.4 Å². The summed E-state index contributed by atoms with van der Waals surface area (Å²) in [7, 11) is -3.23. The molecule has 0 saturated carbocycles. The van der Waals surface area contributed by atoms with E-state index in [4.69, 9.17) is 0 Å². The van der Waals surface area contributed by atoms with Gasteiger partial charge in [0.25, 0.3) is 5.91 Å². The molecule has 0 atom stereocenters. The van der Waals surface area contributed by atoms with Crippen molar-refractivity contribution in [2.24, 2.45) is 0 Å². The van der Waals surface area contributed by atoms with Gasteiger partial charge in [-0.1, -0.05) is 6.07 Å². The van der Waals surface area contributed by atoms with E-state index in [1.165, 1.54) is 12.1 Å². The molecule has 6 heteroatoms. The maximum Gasteiger partial charge on any atom is 0.274 e. The molecule has 0 fully saturated rings. The minimum absolute atomic E-state index is 0.212. The van der Waals surface area contributed by atoms with Gasteiger partial charge in [0.1, 0.15) is 5.69 Å². The summed E-state index contributed by atoms with van der Waals surface area (Å²) < 4.78 is 22.7. The molecule has 0 spiro atoms. The van der Waals surface area contributed by atoms with Crippen molar-refractivity contribution >= 4 is 21.4 Å². The van der Waals surface area contributed by atoms with Crippen molar-refractivity contribution in [1.29, 1.82) is 0 Å². The van der Waals surface area contributed by atoms with Crippen LogP contribution in [0.2, 0.25) is 0 Å². The van der Waals surface area contributed by atoms with Gasteiger partial charge in [-0.3, -0.25) is 4.79 Å². The summed E-state index contributed by atoms with van der Waals surface area (Å²) in [5.74, 6) is -0.333. The fraction of sp³-hybridized carbons (Fsp3) is 0.143. The number of hydrogen-bond acceptors (Lipinski definition) is 4. The largest absolute Gasteiger partial charge is 0.321 e. The van der Waals surface area contributed by atoms with Crippen LogP contribution in [0.4, 0.5) is 5.69 Å². The first-order chi connectivity index (χ1) is 9.36. The van der Waals surface area contributed by atoms with Crippen molar-refractivity contribution < 1.29 is 13.2 Å². The second-order valence-corrected chi connectivity index (χ2v) is 6.43. The highest BCUT2D eigenvalue weighted by Crippen LogP contribution is 2.14. The number of benzene rings is 1. The monoisotopic (exact) mass is 290 g/mol. The molecular weight excluding hydrogens is 276 g/mol. The van der Waals surface area contributed by atoms with Crippen LogP contribution in [0.25, 0.3) is 0 Å². The van der Waals surface area contributed by atoms with Crippen LogP contribution in [0.5, 0.6) is 0 Å². The highest BCUT2D eigenvalue weighted by molar-refractivity contribution is 7.90. The van der Waals surface area contributed by atoms with Crippen molar-refractivity contribution in [3.63, 3.8) is 0 Å². The summed E-state index contributed by atoms with van der Waals surface area (Å²) in [6.07, 6.45) is 1.14. The second kappa shape index (κ2) is 5.42. The number of aryl methyl sites for hydroxylation is 1. The van der Waals surface area contributed by atoms with Gasteiger partial charge in [0.15, 0.2) is 9.84 Å². The van der Waals surface area contributed by atoms with Crippen molar-refractivity contribution in [3.05, 3.63) is 53.9 Å². The van der Waals surface area contributed by atoms with Gasteiger partial charge in [-0.15, -0.1) is 0 Å². The highest BCUT2D eigenvalue weighted by Gasteiger charge is 2.09. The third-order valence-electron chi connectivity index (χ3n) is 2.66. The molecule has 0 aliphatic heterocycles. The van der Waals surface area contributed by atoms with Crippen LogP contribution in [0, 0.1) is 6.92 Å². The Morgan fingerprint density at radius 2 is 1.75 bits per heavy atom. The number of carbonyl (C=O) groups is 1. The SMILES string of the molecule is Cc1cccc(C(=O)Nc2ccc(S(C)(=O)=O)cc2)n1. The molecule has 0 bridgehead atoms. The van der Waals surface area contributed by atoms with Crippen LogP contribution < -0.4 is 5.32 Å². The zero-order valence-electron chi connectivity index (χ0n) is 11.1. The third kappa shape index (κ3) is 3.42. The van der Waals surface area contributed by atoms with E-state index in [1.807, 2.05) is 0 Å². The van der Waals surface area contributed by atoms with E-state index in [1.54, 1.807) is 37.3 Å². The van der Waals surface area contributed by atoms with Crippen molar-refractivity contribution in [3.8, 4) is 0 Å². The quantitative estimate of drug-likeness (QED) is 0.938. The van der Waals surface area contributed by atoms with Crippen molar-refractivity contribution in [2.75, 3.05) is 11.6 Å². The predicted molar refractivity (Wildman–Crippen MR) is 76.5 cm³/mol. The first-order valence-corrected chi connectivity index (χ1v) is 7.80. The van der Waals surface area contributed by atoms with Gasteiger partial charge in [-0.2, -0.15) is 0 Å². The second-order valence-electron chi connectivity index (χ2n) is 4.41. The molecule has 2 rings (SSSR count). The molecular formula is C14H14N2O3S. The minimum atomic E-state index is -3.23. The molecule has 2 aromatic rings. The molecule has 5 nitrogen and oxygen atoms in total. The fourth-order valence-corrected chi connectivity index (χ4v) is 2.28. The Morgan fingerprint density at radius 3 is 2.30 bits per heavy atom. The summed E-state index contributed by atoms with van der Waals surface area (Å²) in [6.45, 7) is 1.80. The van der Waals surface area contributed by atoms with Gasteiger partial charge in [0, 0.05) is 17.6 Å². The number of amides is 1. The van der Waals surface area contributed by atoms with Crippen LogP contribution in [0.3, 0.4) is 0 Å². The minimum Gasteiger partial charge on any atom is -0.321 e. The van der Waals surface area contributed by atoms with Gasteiger partial charge < -0.3 is 5.32 Å². The Kier molecular flexibility index (Phi) is 3.85. The number of nitrogens with one attached hydrogen (secondary N) is 1. The Bertz CT molecular complexity index is 737. The van der Waals surface area contributed by atoms with Crippen LogP contribution >= 0.6 is 0 Å². The Labute approximate surface area is 117 Å². The summed E-state index contributed by atoms with van der Waals surface area (Å²) >= 11 is 0. The predicted octanol–water partition coefficient (Wildman–Crippen LogP) is 2.05. The summed E-state index contributed by atoms with van der Waals surface area (Å²) in [6, 6.07) is 11.2. The third-order valence-corrected chi connectivity index (χ3v) is 3.79. The Balaban J connectivity index is 2.16. The highest BCUT2D eigenvalue weighted by atomic mass is 32.2. The van der Waals surface area contributed by atoms with Gasteiger partial charge in [-0.05, 0) is 43.3 Å². The molecule has 1 N–H and O–H groups in total. The topological polar surface area (TPSA) is 76.1 Å². The van der Waals surface area contributed by atoms with Gasteiger partial charge in [0.05, 0.1) is 4.90 Å². The molecule has 0 aliphatic rings. The Morgan fingerprint density at radius 1 is 1.10 bits per heavy atom. The van der Waals surface area contributed by atoms with Crippen LogP contribution in [-0.4, -0.2) is 25.6 Å². The van der Waals surface area contributed by atoms with E-state index >= 15 is 0 Å². The summed E-state index contributed by atoms with van der Waals surface area (Å²) in [4.78, 5) is 16.3. The van der Waals surface area contributed by atoms with Crippen molar-refractivity contribution in [1.82, 2.24) is 4.98 Å². The smallest absolute Gasteiger partial charge is 0.274 e. The number of nitrogens with zero attached hydrogens (tertiary/aromatic N) is 1. The van der Waals surface area contributed by atoms with Gasteiger partial charge in [-0.25, -0.2) is 13.4 Å². The zero-order valence-corrected chi connectivity index (χ0v) is 11.9. The van der Waals surface area contributed by atoms with Crippen LogP contribution in [-0.2, 0) is 9.84 Å². The van der Waals surface area contributed by atoms with E-state index in [-0.39, 0.29) is 10.8 Å². The molecule has 0 saturated heterocycles. The van der Waals surface area contributed by atoms with Gasteiger partial charge >= 0.3 is 0 Å². The first kappa shape index (κ1) is 14.2. The number of hydrogen-bond donors (Lipinski definition) is 1. The van der Waals surface area contributed by atoms with E-state index < -0.39 is 9.84 Å². The van der Waals surface area contributed by atoms with Gasteiger partial charge in [0.2, 0.25) is 0 Å². The lowest BCUT2D eigenvalue weighted by Crippen LogP contribution is -2.14. The molecule has 1 aromatic heterocycles. The molecule has 1 aromatic carbocycles. The molecule has 0 unspecified atom stereocenters. The molecule has 20 heavy (non-hydrogen) atoms. The van der Waals surface area contributed by atoms with E-state index in [2.05, 4.69) is 10.3 Å². The molecule has 0 aliphatic carbocycles. The zero-order chi connectivity index (χ0) is 14.8. The average Bonchev–Trinajstić information content (AvgIpc) is 2.38. The lowest BCUT2D eigenvalue weighted by molar-refractivity contribution is 0.102. The maximum atomic E-state index is 12.0. The van der Waals surface area contributed by atoms with E-state index in [0.717, 1.165) is 11.9 Å². The lowest BCUT2D eigenvalue weighted by Gasteiger charge is -2.06. The average molecular weight is 290 g/mol. The lowest BCUT2D eigenvalue weighted by atomic mass is 10.2. The number of aromatic nitrogens is 1. The number of sulfone groups is 1. The number of pyridine rings is 1. The van der Waals surface area contributed by atoms with Crippen LogP contribution in [0.1, 0.15) is 16.2 Å². The molecule has 0 radical (unpaired) electrons. The molecule has 1 heterocycles. The number of carbonyl (C=O) groups excluding carboxylic acids is 1. The fourth-order valence-electron chi connectivity index (χ4n) is 1.65. The first-order valence-electron chi connectivity index (χ1n) is 5.91. The number of anilines is 1. The standard InChI is InChI=1S/C14H14N2O3S/c1-10-4-3-5-13(15-10)14(17)16-11-6-8-12(9-7-11)20(2,18)19/h3-9H,1-2H3,(H,16,17). The molecule has 1 amide bonds. The normalized spacial score (nSPS) is 11.1.